The Bertz CT molecular complexity index is 1840. The van der Waals surface area contributed by atoms with Crippen LogP contribution in [0.3, 0.4) is 0 Å². The maximum atomic E-state index is 13.6. The first kappa shape index (κ1) is 26.6. The molecule has 42 heavy (non-hydrogen) atoms. The molecule has 10 heteroatoms. The predicted octanol–water partition coefficient (Wildman–Crippen LogP) is 4.36. The summed E-state index contributed by atoms with van der Waals surface area (Å²) in [4.78, 5) is 54.2. The number of phenolic OH excluding ortho intramolecular Hbond substituents is 4. The molecular weight excluding hydrogens is 544 g/mol. The smallest absolute Gasteiger partial charge is 0.201 e. The number of rotatable bonds is 3. The van der Waals surface area contributed by atoms with Gasteiger partial charge in [0.1, 0.15) is 34.5 Å². The van der Waals surface area contributed by atoms with Gasteiger partial charge in [-0.25, -0.2) is 0 Å². The normalized spacial score (nSPS) is 13.3. The molecule has 10 nitrogen and oxygen atoms in total. The number of hydrogen-bond acceptors (Lipinski definition) is 10. The fourth-order valence-electron chi connectivity index (χ4n) is 5.82. The van der Waals surface area contributed by atoms with Crippen molar-refractivity contribution in [3.05, 3.63) is 92.0 Å². The van der Waals surface area contributed by atoms with E-state index in [0.717, 1.165) is 0 Å². The van der Waals surface area contributed by atoms with E-state index in [2.05, 4.69) is 0 Å². The number of fused-ring (bicyclic) bond motifs is 4. The minimum atomic E-state index is -0.851. The van der Waals surface area contributed by atoms with Crippen LogP contribution in [0.25, 0.3) is 11.1 Å². The molecule has 0 radical (unpaired) electrons. The van der Waals surface area contributed by atoms with Crippen LogP contribution >= 0.6 is 0 Å². The molecule has 210 valence electrons. The number of phenols is 4. The standard InChI is InChI=1S/C32H22O10/c1-11-5-13-21(17(33)7-11)29(37)23-15(27(13)35)9-19(41-3)25(31(23)39)26-20(42-4)10-16-24(32(26)40)30(38)22-14(28(16)36)6-12(2)8-18(22)34/h5-10,33-34,39-40H,1-4H3. The minimum absolute atomic E-state index is 0.0498. The molecule has 2 aliphatic carbocycles. The van der Waals surface area contributed by atoms with Gasteiger partial charge in [0.2, 0.25) is 11.6 Å². The van der Waals surface area contributed by atoms with Gasteiger partial charge in [0, 0.05) is 22.3 Å². The number of carbonyl (C=O) groups excluding carboxylic acids is 4. The molecule has 0 aliphatic heterocycles. The Morgan fingerprint density at radius 1 is 0.452 bits per heavy atom. The lowest BCUT2D eigenvalue weighted by molar-refractivity contribution is 0.0973. The average molecular weight is 567 g/mol. The van der Waals surface area contributed by atoms with Gasteiger partial charge in [0.25, 0.3) is 0 Å². The van der Waals surface area contributed by atoms with Gasteiger partial charge in [-0.15, -0.1) is 0 Å². The van der Waals surface area contributed by atoms with Gasteiger partial charge in [-0.3, -0.25) is 19.2 Å². The van der Waals surface area contributed by atoms with E-state index in [4.69, 9.17) is 9.47 Å². The molecule has 4 N–H and O–H groups in total. The molecule has 0 atom stereocenters. The number of ketones is 4. The second-order valence-corrected chi connectivity index (χ2v) is 10.2. The summed E-state index contributed by atoms with van der Waals surface area (Å²) in [6.07, 6.45) is 0. The Hall–Kier alpha value is -5.64. The summed E-state index contributed by atoms with van der Waals surface area (Å²) in [6, 6.07) is 7.94. The van der Waals surface area contributed by atoms with Crippen LogP contribution in [0.15, 0.2) is 36.4 Å². The summed E-state index contributed by atoms with van der Waals surface area (Å²) in [7, 11) is 2.47. The Morgan fingerprint density at radius 2 is 0.786 bits per heavy atom. The van der Waals surface area contributed by atoms with Crippen molar-refractivity contribution in [1.29, 1.82) is 0 Å². The first-order chi connectivity index (χ1) is 19.9. The molecule has 0 saturated heterocycles. The van der Waals surface area contributed by atoms with E-state index in [-0.39, 0.29) is 56.0 Å². The van der Waals surface area contributed by atoms with E-state index in [1.165, 1.54) is 50.6 Å². The third-order valence-corrected chi connectivity index (χ3v) is 7.63. The molecule has 0 unspecified atom stereocenters. The first-order valence-electron chi connectivity index (χ1n) is 12.6. The van der Waals surface area contributed by atoms with Gasteiger partial charge < -0.3 is 29.9 Å². The molecule has 4 aromatic rings. The summed E-state index contributed by atoms with van der Waals surface area (Å²) in [5.41, 5.74) is -1.54. The van der Waals surface area contributed by atoms with Crippen molar-refractivity contribution in [2.75, 3.05) is 14.2 Å². The zero-order chi connectivity index (χ0) is 30.4. The van der Waals surface area contributed by atoms with Crippen LogP contribution in [0.4, 0.5) is 0 Å². The van der Waals surface area contributed by atoms with Crippen LogP contribution in [-0.4, -0.2) is 57.8 Å². The van der Waals surface area contributed by atoms with E-state index < -0.39 is 57.3 Å². The number of aryl methyl sites for hydroxylation is 2. The SMILES string of the molecule is COc1cc2c(c(O)c1-c1c(OC)cc3c(c1O)C(=O)c1c(O)cc(C)cc1C3=O)C(=O)c1c(O)cc(C)cc1C2=O. The molecule has 0 fully saturated rings. The number of aromatic hydroxyl groups is 4. The van der Waals surface area contributed by atoms with Gasteiger partial charge in [-0.05, 0) is 61.4 Å². The van der Waals surface area contributed by atoms with Crippen LogP contribution in [0.5, 0.6) is 34.5 Å². The third-order valence-electron chi connectivity index (χ3n) is 7.63. The Balaban J connectivity index is 1.66. The lowest BCUT2D eigenvalue weighted by atomic mass is 9.78. The summed E-state index contributed by atoms with van der Waals surface area (Å²) >= 11 is 0. The van der Waals surface area contributed by atoms with Gasteiger partial charge >= 0.3 is 0 Å². The van der Waals surface area contributed by atoms with Crippen LogP contribution in [0, 0.1) is 13.8 Å². The second kappa shape index (κ2) is 8.93. The second-order valence-electron chi connectivity index (χ2n) is 10.2. The first-order valence-corrected chi connectivity index (χ1v) is 12.6. The molecule has 0 heterocycles. The molecular formula is C32H22O10. The zero-order valence-electron chi connectivity index (χ0n) is 22.7. The van der Waals surface area contributed by atoms with Crippen LogP contribution in [-0.2, 0) is 0 Å². The summed E-state index contributed by atoms with van der Waals surface area (Å²) in [5.74, 6) is -5.77. The molecule has 6 rings (SSSR count). The summed E-state index contributed by atoms with van der Waals surface area (Å²) in [6.45, 7) is 3.29. The van der Waals surface area contributed by atoms with E-state index in [1.807, 2.05) is 0 Å². The zero-order valence-corrected chi connectivity index (χ0v) is 22.7. The van der Waals surface area contributed by atoms with Crippen LogP contribution in [0.2, 0.25) is 0 Å². The molecule has 4 aromatic carbocycles. The Labute approximate surface area is 238 Å². The minimum Gasteiger partial charge on any atom is -0.507 e. The number of benzene rings is 4. The molecule has 0 amide bonds. The molecule has 0 bridgehead atoms. The highest BCUT2D eigenvalue weighted by Crippen LogP contribution is 2.54. The lowest BCUT2D eigenvalue weighted by Gasteiger charge is -2.26. The van der Waals surface area contributed by atoms with E-state index >= 15 is 0 Å². The van der Waals surface area contributed by atoms with Crippen LogP contribution in [0.1, 0.15) is 74.8 Å². The summed E-state index contributed by atoms with van der Waals surface area (Å²) in [5, 5.41) is 44.2. The van der Waals surface area contributed by atoms with Gasteiger partial charge in [0.05, 0.1) is 47.6 Å². The van der Waals surface area contributed by atoms with Crippen molar-refractivity contribution in [2.45, 2.75) is 13.8 Å². The van der Waals surface area contributed by atoms with Crippen molar-refractivity contribution in [1.82, 2.24) is 0 Å². The quantitative estimate of drug-likeness (QED) is 0.242. The number of ether oxygens (including phenoxy) is 2. The van der Waals surface area contributed by atoms with E-state index in [1.54, 1.807) is 13.8 Å². The monoisotopic (exact) mass is 566 g/mol. The highest BCUT2D eigenvalue weighted by atomic mass is 16.5. The largest absolute Gasteiger partial charge is 0.507 e. The maximum Gasteiger partial charge on any atom is 0.201 e. The highest BCUT2D eigenvalue weighted by Gasteiger charge is 2.41. The Morgan fingerprint density at radius 3 is 1.12 bits per heavy atom. The molecule has 0 saturated carbocycles. The van der Waals surface area contributed by atoms with Gasteiger partial charge in [-0.1, -0.05) is 0 Å². The highest BCUT2D eigenvalue weighted by molar-refractivity contribution is 6.32. The van der Waals surface area contributed by atoms with Gasteiger partial charge in [-0.2, -0.15) is 0 Å². The number of methoxy groups -OCH3 is 2. The topological polar surface area (TPSA) is 168 Å². The Kier molecular flexibility index (Phi) is 5.65. The average Bonchev–Trinajstić information content (AvgIpc) is 2.93. The fraction of sp³-hybridized carbons (Fsp3) is 0.125. The van der Waals surface area contributed by atoms with E-state index in [0.29, 0.717) is 11.1 Å². The number of carbonyl (C=O) groups is 4. The maximum absolute atomic E-state index is 13.6. The molecule has 0 aromatic heterocycles. The van der Waals surface area contributed by atoms with E-state index in [9.17, 15) is 39.6 Å². The fourth-order valence-corrected chi connectivity index (χ4v) is 5.82. The lowest BCUT2D eigenvalue weighted by Crippen LogP contribution is -2.23. The van der Waals surface area contributed by atoms with Crippen molar-refractivity contribution >= 4 is 23.1 Å². The van der Waals surface area contributed by atoms with Gasteiger partial charge in [0.15, 0.2) is 11.6 Å². The van der Waals surface area contributed by atoms with Crippen LogP contribution < -0.4 is 9.47 Å². The van der Waals surface area contributed by atoms with Crippen molar-refractivity contribution in [2.24, 2.45) is 0 Å². The molecule has 2 aliphatic rings. The predicted molar refractivity (Wildman–Crippen MR) is 148 cm³/mol. The summed E-state index contributed by atoms with van der Waals surface area (Å²) < 4.78 is 10.9. The molecule has 0 spiro atoms. The third kappa shape index (κ3) is 3.38. The van der Waals surface area contributed by atoms with Crippen molar-refractivity contribution in [3.63, 3.8) is 0 Å². The van der Waals surface area contributed by atoms with Crippen molar-refractivity contribution < 1.29 is 49.1 Å². The van der Waals surface area contributed by atoms with Crippen molar-refractivity contribution in [3.8, 4) is 45.6 Å². The number of hydrogen-bond donors (Lipinski definition) is 4.